The Balaban J connectivity index is 4.42. The topological polar surface area (TPSA) is 105 Å². The van der Waals surface area contributed by atoms with E-state index in [0.29, 0.717) is 23.9 Å². The molecule has 3 atom stereocenters. The summed E-state index contributed by atoms with van der Waals surface area (Å²) in [6, 6.07) is -0.777. The summed E-state index contributed by atoms with van der Waals surface area (Å²) in [5.74, 6) is -0.202. The van der Waals surface area contributed by atoms with Gasteiger partial charge in [-0.25, -0.2) is 4.57 Å². The van der Waals surface area contributed by atoms with E-state index in [-0.39, 0.29) is 19.1 Å². The number of nitrogens with one attached hydrogen (secondary N) is 1. The van der Waals surface area contributed by atoms with Gasteiger partial charge in [-0.15, -0.1) is 0 Å². The molecule has 3 unspecified atom stereocenters. The smallest absolute Gasteiger partial charge is 0.391 e. The Kier molecular flexibility index (Phi) is 23.2. The number of unbranched alkanes of at least 4 members (excludes halogenated alkanes) is 4. The normalized spacial score (nSPS) is 15.9. The maximum Gasteiger partial charge on any atom is 0.472 e. The van der Waals surface area contributed by atoms with Crippen molar-refractivity contribution in [2.45, 2.75) is 103 Å². The van der Waals surface area contributed by atoms with Gasteiger partial charge < -0.3 is 19.8 Å². The van der Waals surface area contributed by atoms with Crippen LogP contribution in [-0.4, -0.2) is 73.4 Å². The number of rotatable bonds is 25. The van der Waals surface area contributed by atoms with Crippen molar-refractivity contribution >= 4 is 13.7 Å². The van der Waals surface area contributed by atoms with E-state index in [1.54, 1.807) is 0 Å². The average molecular weight is 586 g/mol. The van der Waals surface area contributed by atoms with Crippen LogP contribution in [0.15, 0.2) is 48.6 Å². The number of carbonyl (C=O) groups is 1. The highest BCUT2D eigenvalue weighted by atomic mass is 31.2. The van der Waals surface area contributed by atoms with Gasteiger partial charge in [-0.3, -0.25) is 13.8 Å². The summed E-state index contributed by atoms with van der Waals surface area (Å²) in [5, 5.41) is 13.4. The monoisotopic (exact) mass is 585 g/mol. The second kappa shape index (κ2) is 24.1. The zero-order valence-corrected chi connectivity index (χ0v) is 26.7. The van der Waals surface area contributed by atoms with Crippen LogP contribution in [-0.2, 0) is 18.4 Å². The summed E-state index contributed by atoms with van der Waals surface area (Å²) >= 11 is 0. The zero-order valence-electron chi connectivity index (χ0n) is 25.8. The molecule has 0 spiro atoms. The van der Waals surface area contributed by atoms with Gasteiger partial charge in [-0.1, -0.05) is 81.7 Å². The van der Waals surface area contributed by atoms with E-state index in [1.165, 1.54) is 0 Å². The van der Waals surface area contributed by atoms with Gasteiger partial charge in [0.25, 0.3) is 0 Å². The standard InChI is InChI=1S/C31H57N2O6P/c1-6-8-10-11-12-13-14-15-16-17-18-19-20-21-23-25-31(35)32-29(30(34)24-22-9-7-2)28-39-40(36,37)38-27-26-33(3,4)5/h8,10,12-13,15-16,18-19,29-30,34H,6-7,9,11,14,17,20-28H2,1-5H3,(H-,32,35,36,37)/p+1/b10-8-,13-12-,16-15-,19-18-. The highest BCUT2D eigenvalue weighted by Gasteiger charge is 2.28. The molecule has 3 N–H and O–H groups in total. The second-order valence-corrected chi connectivity index (χ2v) is 12.5. The summed E-state index contributed by atoms with van der Waals surface area (Å²) in [4.78, 5) is 22.6. The lowest BCUT2D eigenvalue weighted by atomic mass is 10.0. The Bertz CT molecular complexity index is 804. The van der Waals surface area contributed by atoms with Crippen LogP contribution in [0.25, 0.3) is 0 Å². The molecular formula is C31H58N2O6P+. The summed E-state index contributed by atoms with van der Waals surface area (Å²) < 4.78 is 23.1. The largest absolute Gasteiger partial charge is 0.472 e. The van der Waals surface area contributed by atoms with Gasteiger partial charge in [0.15, 0.2) is 0 Å². The van der Waals surface area contributed by atoms with E-state index < -0.39 is 20.0 Å². The molecule has 0 bridgehead atoms. The number of phosphoric ester groups is 1. The van der Waals surface area contributed by atoms with E-state index in [0.717, 1.165) is 64.2 Å². The first-order chi connectivity index (χ1) is 19.0. The molecule has 40 heavy (non-hydrogen) atoms. The summed E-state index contributed by atoms with van der Waals surface area (Å²) in [7, 11) is 1.56. The lowest BCUT2D eigenvalue weighted by Gasteiger charge is -2.26. The molecule has 0 aromatic carbocycles. The fraction of sp³-hybridized carbons (Fsp3) is 0.710. The molecule has 9 heteroatoms. The Labute approximate surface area is 244 Å². The number of aliphatic hydroxyl groups excluding tert-OH is 1. The predicted octanol–water partition coefficient (Wildman–Crippen LogP) is 6.62. The minimum Gasteiger partial charge on any atom is -0.391 e. The SMILES string of the molecule is CC/C=C\C/C=C\C/C=C\C/C=C\CCCCC(=O)NC(COP(=O)(O)OCC[N+](C)(C)C)C(O)CCCCC. The maximum absolute atomic E-state index is 12.5. The summed E-state index contributed by atoms with van der Waals surface area (Å²) in [6.07, 6.45) is 26.4. The third kappa shape index (κ3) is 25.4. The Morgan fingerprint density at radius 1 is 0.875 bits per heavy atom. The van der Waals surface area contributed by atoms with E-state index in [9.17, 15) is 19.4 Å². The molecule has 0 aliphatic heterocycles. The minimum absolute atomic E-state index is 0.0621. The van der Waals surface area contributed by atoms with Crippen LogP contribution in [0, 0.1) is 0 Å². The van der Waals surface area contributed by atoms with Gasteiger partial charge in [0.05, 0.1) is 39.9 Å². The van der Waals surface area contributed by atoms with Crippen molar-refractivity contribution < 1.29 is 32.9 Å². The van der Waals surface area contributed by atoms with Crippen molar-refractivity contribution in [3.63, 3.8) is 0 Å². The Hall–Kier alpha value is -1.54. The van der Waals surface area contributed by atoms with Crippen LogP contribution in [0.3, 0.4) is 0 Å². The molecule has 0 saturated heterocycles. The lowest BCUT2D eigenvalue weighted by molar-refractivity contribution is -0.870. The fourth-order valence-corrected chi connectivity index (χ4v) is 4.36. The molecule has 232 valence electrons. The van der Waals surface area contributed by atoms with Crippen molar-refractivity contribution in [3.8, 4) is 0 Å². The molecule has 0 rings (SSSR count). The molecule has 0 aliphatic carbocycles. The number of phosphoric acid groups is 1. The van der Waals surface area contributed by atoms with E-state index >= 15 is 0 Å². The fourth-order valence-electron chi connectivity index (χ4n) is 3.62. The number of likely N-dealkylation sites (N-methyl/N-ethyl adjacent to an activating group) is 1. The molecule has 0 fully saturated rings. The van der Waals surface area contributed by atoms with Crippen molar-refractivity contribution in [1.82, 2.24) is 5.32 Å². The summed E-state index contributed by atoms with van der Waals surface area (Å²) in [6.45, 7) is 4.51. The van der Waals surface area contributed by atoms with Crippen molar-refractivity contribution in [2.24, 2.45) is 0 Å². The number of nitrogens with zero attached hydrogens (tertiary/aromatic N) is 1. The highest BCUT2D eigenvalue weighted by Crippen LogP contribution is 2.43. The number of aliphatic hydroxyl groups is 1. The van der Waals surface area contributed by atoms with Crippen LogP contribution in [0.2, 0.25) is 0 Å². The number of allylic oxidation sites excluding steroid dienone is 8. The van der Waals surface area contributed by atoms with Crippen molar-refractivity contribution in [3.05, 3.63) is 48.6 Å². The highest BCUT2D eigenvalue weighted by molar-refractivity contribution is 7.47. The minimum atomic E-state index is -4.29. The number of quaternary nitrogens is 1. The van der Waals surface area contributed by atoms with Crippen molar-refractivity contribution in [1.29, 1.82) is 0 Å². The zero-order chi connectivity index (χ0) is 30.1. The van der Waals surface area contributed by atoms with E-state index in [1.807, 2.05) is 21.1 Å². The van der Waals surface area contributed by atoms with Gasteiger partial charge in [0.1, 0.15) is 13.2 Å². The quantitative estimate of drug-likeness (QED) is 0.0482. The molecule has 8 nitrogen and oxygen atoms in total. The van der Waals surface area contributed by atoms with Crippen LogP contribution in [0.1, 0.15) is 90.9 Å². The van der Waals surface area contributed by atoms with Crippen LogP contribution in [0.4, 0.5) is 0 Å². The maximum atomic E-state index is 12.5. The van der Waals surface area contributed by atoms with E-state index in [4.69, 9.17) is 9.05 Å². The molecule has 0 aromatic rings. The molecular weight excluding hydrogens is 527 g/mol. The molecule has 0 radical (unpaired) electrons. The second-order valence-electron chi connectivity index (χ2n) is 11.1. The predicted molar refractivity (Wildman–Crippen MR) is 166 cm³/mol. The Morgan fingerprint density at radius 2 is 1.48 bits per heavy atom. The Morgan fingerprint density at radius 3 is 2.05 bits per heavy atom. The molecule has 0 aromatic heterocycles. The first-order valence-electron chi connectivity index (χ1n) is 15.0. The average Bonchev–Trinajstić information content (AvgIpc) is 2.88. The third-order valence-electron chi connectivity index (χ3n) is 6.09. The van der Waals surface area contributed by atoms with Crippen LogP contribution >= 0.6 is 7.82 Å². The van der Waals surface area contributed by atoms with Crippen LogP contribution in [0.5, 0.6) is 0 Å². The first kappa shape index (κ1) is 38.5. The van der Waals surface area contributed by atoms with E-state index in [2.05, 4.69) is 67.8 Å². The summed E-state index contributed by atoms with van der Waals surface area (Å²) in [5.41, 5.74) is 0. The first-order valence-corrected chi connectivity index (χ1v) is 16.5. The molecule has 0 heterocycles. The lowest BCUT2D eigenvalue weighted by Crippen LogP contribution is -2.46. The number of hydrogen-bond donors (Lipinski definition) is 3. The van der Waals surface area contributed by atoms with Gasteiger partial charge in [-0.05, 0) is 51.4 Å². The van der Waals surface area contributed by atoms with Gasteiger partial charge in [0.2, 0.25) is 5.91 Å². The molecule has 0 saturated carbocycles. The third-order valence-corrected chi connectivity index (χ3v) is 7.08. The van der Waals surface area contributed by atoms with Crippen molar-refractivity contribution in [2.75, 3.05) is 40.9 Å². The van der Waals surface area contributed by atoms with Gasteiger partial charge >= 0.3 is 7.82 Å². The van der Waals surface area contributed by atoms with Gasteiger partial charge in [-0.2, -0.15) is 0 Å². The molecule has 1 amide bonds. The number of carbonyl (C=O) groups excluding carboxylic acids is 1. The van der Waals surface area contributed by atoms with Gasteiger partial charge in [0, 0.05) is 6.42 Å². The number of hydrogen-bond acceptors (Lipinski definition) is 5. The number of amides is 1. The van der Waals surface area contributed by atoms with Crippen LogP contribution < -0.4 is 5.32 Å². The molecule has 0 aliphatic rings.